The van der Waals surface area contributed by atoms with E-state index in [0.29, 0.717) is 0 Å². The lowest BCUT2D eigenvalue weighted by Gasteiger charge is -2.16. The Kier molecular flexibility index (Phi) is 17.1. The number of rotatable bonds is 21. The Balaban J connectivity index is 2.28. The highest BCUT2D eigenvalue weighted by atomic mass is 32.2. The van der Waals surface area contributed by atoms with Crippen LogP contribution in [0.5, 0.6) is 0 Å². The van der Waals surface area contributed by atoms with E-state index in [0.717, 1.165) is 19.3 Å². The maximum absolute atomic E-state index is 12.7. The molecule has 0 saturated heterocycles. The third-order valence-corrected chi connectivity index (χ3v) is 6.86. The monoisotopic (exact) mass is 526 g/mol. The lowest BCUT2D eigenvalue weighted by molar-refractivity contribution is -0.160. The molecule has 0 aromatic heterocycles. The fourth-order valence-electron chi connectivity index (χ4n) is 3.93. The molecule has 36 heavy (non-hydrogen) atoms. The highest BCUT2D eigenvalue weighted by molar-refractivity contribution is 7.89. The summed E-state index contributed by atoms with van der Waals surface area (Å²) in [5, 5.41) is 7.65. The van der Waals surface area contributed by atoms with Crippen LogP contribution in [-0.4, -0.2) is 39.6 Å². The first kappa shape index (κ1) is 32.1. The molecule has 8 nitrogen and oxygen atoms in total. The van der Waals surface area contributed by atoms with Gasteiger partial charge in [0.1, 0.15) is 0 Å². The van der Waals surface area contributed by atoms with Crippen LogP contribution in [0.2, 0.25) is 0 Å². The molecule has 206 valence electrons. The van der Waals surface area contributed by atoms with Crippen molar-refractivity contribution in [1.82, 2.24) is 0 Å². The Morgan fingerprint density at radius 2 is 1.39 bits per heavy atom. The van der Waals surface area contributed by atoms with Crippen molar-refractivity contribution in [2.45, 2.75) is 115 Å². The first-order valence-corrected chi connectivity index (χ1v) is 15.1. The summed E-state index contributed by atoms with van der Waals surface area (Å²) in [4.78, 5) is 24.8. The van der Waals surface area contributed by atoms with Crippen LogP contribution in [0.25, 0.3) is 0 Å². The summed E-state index contributed by atoms with van der Waals surface area (Å²) in [5.41, 5.74) is 0.195. The van der Waals surface area contributed by atoms with Crippen LogP contribution in [0.15, 0.2) is 29.2 Å². The molecule has 0 fully saturated rings. The minimum Gasteiger partial charge on any atom is -0.464 e. The zero-order chi connectivity index (χ0) is 26.7. The molecule has 0 aliphatic carbocycles. The number of amides is 1. The molecule has 0 heterocycles. The highest BCUT2D eigenvalue weighted by Gasteiger charge is 2.29. The van der Waals surface area contributed by atoms with Crippen molar-refractivity contribution < 1.29 is 27.5 Å². The Morgan fingerprint density at radius 3 is 1.89 bits per heavy atom. The average Bonchev–Trinajstić information content (AvgIpc) is 2.83. The predicted molar refractivity (Wildman–Crippen MR) is 143 cm³/mol. The number of unbranched alkanes of at least 4 members (excludes halogenated alkanes) is 13. The average molecular weight is 527 g/mol. The van der Waals surface area contributed by atoms with E-state index in [4.69, 9.17) is 14.6 Å². The maximum atomic E-state index is 12.7. The van der Waals surface area contributed by atoms with E-state index in [2.05, 4.69) is 12.2 Å². The summed E-state index contributed by atoms with van der Waals surface area (Å²) >= 11 is 0. The van der Waals surface area contributed by atoms with Gasteiger partial charge in [0.25, 0.3) is 5.91 Å². The molecule has 1 amide bonds. The van der Waals surface area contributed by atoms with Gasteiger partial charge in [-0.05, 0) is 31.5 Å². The zero-order valence-corrected chi connectivity index (χ0v) is 23.0. The van der Waals surface area contributed by atoms with Crippen molar-refractivity contribution in [3.8, 4) is 0 Å². The van der Waals surface area contributed by atoms with Gasteiger partial charge in [0.2, 0.25) is 16.1 Å². The van der Waals surface area contributed by atoms with Crippen molar-refractivity contribution in [1.29, 1.82) is 0 Å². The Bertz CT molecular complexity index is 860. The number of nitrogens with two attached hydrogens (primary N) is 1. The maximum Gasteiger partial charge on any atom is 0.345 e. The molecule has 1 aromatic carbocycles. The van der Waals surface area contributed by atoms with Crippen LogP contribution >= 0.6 is 0 Å². The molecule has 1 atom stereocenters. The quantitative estimate of drug-likeness (QED) is 0.120. The Hall–Kier alpha value is -1.97. The van der Waals surface area contributed by atoms with Crippen molar-refractivity contribution >= 4 is 27.6 Å². The van der Waals surface area contributed by atoms with Gasteiger partial charge in [0, 0.05) is 12.3 Å². The van der Waals surface area contributed by atoms with E-state index in [1.54, 1.807) is 6.92 Å². The number of nitrogens with one attached hydrogen (secondary N) is 1. The van der Waals surface area contributed by atoms with E-state index in [9.17, 15) is 18.0 Å². The molecule has 1 aromatic rings. The molecule has 0 radical (unpaired) electrons. The van der Waals surface area contributed by atoms with Crippen LogP contribution in [-0.2, 0) is 29.1 Å². The molecule has 0 spiro atoms. The molecule has 1 unspecified atom stereocenters. The van der Waals surface area contributed by atoms with E-state index in [-0.39, 0.29) is 23.8 Å². The van der Waals surface area contributed by atoms with Crippen LogP contribution in [0.3, 0.4) is 0 Å². The van der Waals surface area contributed by atoms with Gasteiger partial charge in [-0.25, -0.2) is 18.4 Å². The van der Waals surface area contributed by atoms with Crippen LogP contribution in [0.1, 0.15) is 104 Å². The molecule has 1 rings (SSSR count). The summed E-state index contributed by atoms with van der Waals surface area (Å²) in [6, 6.07) is 5.50. The van der Waals surface area contributed by atoms with Gasteiger partial charge in [-0.3, -0.25) is 4.79 Å². The van der Waals surface area contributed by atoms with Gasteiger partial charge >= 0.3 is 5.97 Å². The number of ether oxygens (including phenoxy) is 2. The summed E-state index contributed by atoms with van der Waals surface area (Å²) in [5.74, 6) is -1.49. The van der Waals surface area contributed by atoms with Crippen molar-refractivity contribution in [2.24, 2.45) is 5.14 Å². The lowest BCUT2D eigenvalue weighted by atomic mass is 10.0. The predicted octanol–water partition coefficient (Wildman–Crippen LogP) is 5.70. The molecule has 0 aliphatic heterocycles. The number of benzene rings is 1. The van der Waals surface area contributed by atoms with E-state index >= 15 is 0 Å². The third-order valence-electron chi connectivity index (χ3n) is 5.95. The fourth-order valence-corrected chi connectivity index (χ4v) is 4.48. The van der Waals surface area contributed by atoms with Crippen molar-refractivity contribution in [2.75, 3.05) is 18.5 Å². The minimum atomic E-state index is -3.92. The summed E-state index contributed by atoms with van der Waals surface area (Å²) in [7, 11) is -3.92. The number of hydrogen-bond donors (Lipinski definition) is 2. The first-order valence-electron chi connectivity index (χ1n) is 13.5. The molecular formula is C27H46N2O6S. The molecular weight excluding hydrogens is 480 g/mol. The number of sulfonamides is 1. The molecule has 0 aliphatic rings. The number of hydrogen-bond acceptors (Lipinski definition) is 6. The van der Waals surface area contributed by atoms with Gasteiger partial charge in [0.05, 0.1) is 11.5 Å². The topological polar surface area (TPSA) is 125 Å². The molecule has 0 saturated carbocycles. The minimum absolute atomic E-state index is 0.117. The number of carbonyl (C=O) groups excluding carboxylic acids is 2. The fraction of sp³-hybridized carbons (Fsp3) is 0.704. The van der Waals surface area contributed by atoms with E-state index < -0.39 is 28.0 Å². The second-order valence-electron chi connectivity index (χ2n) is 9.16. The van der Waals surface area contributed by atoms with Crippen molar-refractivity contribution in [3.05, 3.63) is 24.3 Å². The zero-order valence-electron chi connectivity index (χ0n) is 22.1. The smallest absolute Gasteiger partial charge is 0.345 e. The standard InChI is InChI=1S/C27H46N2O6S/c1-3-5-6-7-8-9-10-11-12-13-14-15-16-17-21-35-25(27(31)34-4-2)26(30)29-23-19-18-20-24(22-23)36(28,32)33/h18-20,22,25H,3-17,21H2,1-2H3,(H,29,30)(H2,28,32,33). The number of carbonyl (C=O) groups is 2. The van der Waals surface area contributed by atoms with Gasteiger partial charge < -0.3 is 14.8 Å². The third kappa shape index (κ3) is 14.6. The van der Waals surface area contributed by atoms with Gasteiger partial charge in [-0.2, -0.15) is 0 Å². The first-order chi connectivity index (χ1) is 17.3. The van der Waals surface area contributed by atoms with Crippen LogP contribution in [0, 0.1) is 0 Å². The molecule has 9 heteroatoms. The number of primary sulfonamides is 1. The number of anilines is 1. The SMILES string of the molecule is CCCCCCCCCCCCCCCCOC(C(=O)Nc1cccc(S(N)(=O)=O)c1)C(=O)OCC. The highest BCUT2D eigenvalue weighted by Crippen LogP contribution is 2.16. The van der Waals surface area contributed by atoms with Gasteiger partial charge in [0.15, 0.2) is 0 Å². The Morgan fingerprint density at radius 1 is 0.861 bits per heavy atom. The van der Waals surface area contributed by atoms with E-state index in [1.807, 2.05) is 0 Å². The molecule has 0 bridgehead atoms. The summed E-state index contributed by atoms with van der Waals surface area (Å²) in [6.45, 7) is 4.27. The van der Waals surface area contributed by atoms with Crippen LogP contribution < -0.4 is 10.5 Å². The second-order valence-corrected chi connectivity index (χ2v) is 10.7. The molecule has 3 N–H and O–H groups in total. The lowest BCUT2D eigenvalue weighted by Crippen LogP contribution is -2.39. The number of esters is 1. The Labute approximate surface area is 217 Å². The second kappa shape index (κ2) is 19.2. The normalized spacial score (nSPS) is 12.3. The van der Waals surface area contributed by atoms with Crippen LogP contribution in [0.4, 0.5) is 5.69 Å². The van der Waals surface area contributed by atoms with Gasteiger partial charge in [-0.15, -0.1) is 0 Å². The summed E-state index contributed by atoms with van der Waals surface area (Å²) in [6.07, 6.45) is 15.9. The van der Waals surface area contributed by atoms with Crippen molar-refractivity contribution in [3.63, 3.8) is 0 Å². The largest absolute Gasteiger partial charge is 0.464 e. The summed E-state index contributed by atoms with van der Waals surface area (Å²) < 4.78 is 33.6. The van der Waals surface area contributed by atoms with Gasteiger partial charge in [-0.1, -0.05) is 96.5 Å². The van der Waals surface area contributed by atoms with E-state index in [1.165, 1.54) is 94.9 Å².